The first-order chi connectivity index (χ1) is 13.9. The van der Waals surface area contributed by atoms with Crippen LogP contribution in [0.4, 0.5) is 13.2 Å². The van der Waals surface area contributed by atoms with Gasteiger partial charge in [0, 0.05) is 25.1 Å². The minimum absolute atomic E-state index is 0.0175. The van der Waals surface area contributed by atoms with Crippen molar-refractivity contribution >= 4 is 5.78 Å². The molecule has 0 N–H and O–H groups in total. The molecule has 1 saturated heterocycles. The number of fused-ring (bicyclic) bond motifs is 1. The molecule has 0 amide bonds. The van der Waals surface area contributed by atoms with Gasteiger partial charge in [-0.15, -0.1) is 0 Å². The molecule has 1 atom stereocenters. The first-order valence-corrected chi connectivity index (χ1v) is 9.45. The number of hydrogen-bond donors (Lipinski definition) is 0. The van der Waals surface area contributed by atoms with Crippen molar-refractivity contribution in [2.45, 2.75) is 24.9 Å². The highest BCUT2D eigenvalue weighted by Crippen LogP contribution is 2.33. The fourth-order valence-electron chi connectivity index (χ4n) is 3.73. The van der Waals surface area contributed by atoms with Gasteiger partial charge in [0.1, 0.15) is 12.5 Å². The lowest BCUT2D eigenvalue weighted by Gasteiger charge is -2.17. The summed E-state index contributed by atoms with van der Waals surface area (Å²) in [6.45, 7) is 2.18. The van der Waals surface area contributed by atoms with Gasteiger partial charge in [-0.25, -0.2) is 0 Å². The van der Waals surface area contributed by atoms with Gasteiger partial charge in [-0.3, -0.25) is 4.79 Å². The van der Waals surface area contributed by atoms with Gasteiger partial charge in [0.25, 0.3) is 0 Å². The molecule has 0 radical (unpaired) electrons. The van der Waals surface area contributed by atoms with Gasteiger partial charge in [0.15, 0.2) is 17.3 Å². The molecule has 1 fully saturated rings. The lowest BCUT2D eigenvalue weighted by atomic mass is 9.97. The zero-order chi connectivity index (χ0) is 20.4. The standard InChI is InChI=1S/C22H20F3NO3/c23-22(24,25)18-4-1-15(2-5-18)17-7-9-26(14-17)10-8-19(27)16-3-6-20-21(13-16)29-12-11-28-20/h1-6,11-13,17H,7-10,14H2. The summed E-state index contributed by atoms with van der Waals surface area (Å²) in [6.07, 6.45) is -0.220. The van der Waals surface area contributed by atoms with Crippen molar-refractivity contribution < 1.29 is 27.4 Å². The molecule has 4 nitrogen and oxygen atoms in total. The average molecular weight is 403 g/mol. The van der Waals surface area contributed by atoms with E-state index in [0.29, 0.717) is 30.0 Å². The minimum atomic E-state index is -4.31. The van der Waals surface area contributed by atoms with E-state index < -0.39 is 11.7 Å². The Morgan fingerprint density at radius 1 is 1.03 bits per heavy atom. The Kier molecular flexibility index (Phi) is 5.32. The van der Waals surface area contributed by atoms with Crippen LogP contribution < -0.4 is 9.47 Å². The molecule has 29 heavy (non-hydrogen) atoms. The number of rotatable bonds is 5. The highest BCUT2D eigenvalue weighted by Gasteiger charge is 2.31. The molecule has 0 saturated carbocycles. The Balaban J connectivity index is 1.31. The van der Waals surface area contributed by atoms with Gasteiger partial charge in [0.05, 0.1) is 5.56 Å². The second-order valence-electron chi connectivity index (χ2n) is 7.25. The van der Waals surface area contributed by atoms with E-state index in [-0.39, 0.29) is 11.7 Å². The van der Waals surface area contributed by atoms with Gasteiger partial charge < -0.3 is 14.4 Å². The highest BCUT2D eigenvalue weighted by molar-refractivity contribution is 5.96. The summed E-state index contributed by atoms with van der Waals surface area (Å²) < 4.78 is 48.8. The molecule has 1 unspecified atom stereocenters. The molecule has 7 heteroatoms. The fourth-order valence-corrected chi connectivity index (χ4v) is 3.73. The highest BCUT2D eigenvalue weighted by atomic mass is 19.4. The van der Waals surface area contributed by atoms with Crippen LogP contribution >= 0.6 is 0 Å². The Hall–Kier alpha value is -2.80. The third-order valence-corrected chi connectivity index (χ3v) is 5.35. The number of hydrogen-bond acceptors (Lipinski definition) is 4. The molecule has 0 aromatic heterocycles. The smallest absolute Gasteiger partial charge is 0.416 e. The third-order valence-electron chi connectivity index (χ3n) is 5.35. The summed E-state index contributed by atoms with van der Waals surface area (Å²) in [5.41, 5.74) is 0.851. The van der Waals surface area contributed by atoms with Crippen LogP contribution in [0, 0.1) is 0 Å². The lowest BCUT2D eigenvalue weighted by molar-refractivity contribution is -0.137. The molecule has 152 valence electrons. The number of nitrogens with zero attached hydrogens (tertiary/aromatic N) is 1. The molecule has 4 rings (SSSR count). The van der Waals surface area contributed by atoms with Crippen LogP contribution in [0.15, 0.2) is 55.0 Å². The quantitative estimate of drug-likeness (QED) is 0.658. The summed E-state index contributed by atoms with van der Waals surface area (Å²) in [4.78, 5) is 14.7. The maximum absolute atomic E-state index is 12.7. The van der Waals surface area contributed by atoms with Crippen LogP contribution in [0.1, 0.15) is 40.2 Å². The van der Waals surface area contributed by atoms with Crippen molar-refractivity contribution in [3.05, 3.63) is 71.7 Å². The van der Waals surface area contributed by atoms with E-state index >= 15 is 0 Å². The molecule has 2 aliphatic rings. The van der Waals surface area contributed by atoms with E-state index in [0.717, 1.165) is 37.2 Å². The zero-order valence-electron chi connectivity index (χ0n) is 15.6. The Morgan fingerprint density at radius 3 is 2.48 bits per heavy atom. The van der Waals surface area contributed by atoms with E-state index in [4.69, 9.17) is 9.47 Å². The number of likely N-dealkylation sites (tertiary alicyclic amines) is 1. The molecule has 2 aromatic carbocycles. The van der Waals surface area contributed by atoms with Crippen LogP contribution in [-0.4, -0.2) is 30.3 Å². The van der Waals surface area contributed by atoms with E-state index in [2.05, 4.69) is 4.90 Å². The van der Waals surface area contributed by atoms with Crippen molar-refractivity contribution in [2.24, 2.45) is 0 Å². The topological polar surface area (TPSA) is 38.8 Å². The number of ether oxygens (including phenoxy) is 2. The molecule has 0 aliphatic carbocycles. The first kappa shape index (κ1) is 19.5. The Labute approximate surface area is 166 Å². The van der Waals surface area contributed by atoms with Crippen LogP contribution in [0.5, 0.6) is 11.5 Å². The largest absolute Gasteiger partial charge is 0.458 e. The van der Waals surface area contributed by atoms with Crippen molar-refractivity contribution in [2.75, 3.05) is 19.6 Å². The molecular weight excluding hydrogens is 383 g/mol. The van der Waals surface area contributed by atoms with Crippen LogP contribution in [0.25, 0.3) is 0 Å². The van der Waals surface area contributed by atoms with Crippen LogP contribution in [0.2, 0.25) is 0 Å². The predicted octanol–water partition coefficient (Wildman–Crippen LogP) is 5.01. The van der Waals surface area contributed by atoms with Gasteiger partial charge in [-0.2, -0.15) is 13.2 Å². The summed E-state index contributed by atoms with van der Waals surface area (Å²) in [6, 6.07) is 10.5. The van der Waals surface area contributed by atoms with Crippen molar-refractivity contribution in [1.29, 1.82) is 0 Å². The number of Topliss-reactive ketones (excluding diaryl/α,β-unsaturated/α-hetero) is 1. The number of carbonyl (C=O) groups excluding carboxylic acids is 1. The number of carbonyl (C=O) groups is 1. The fraction of sp³-hybridized carbons (Fsp3) is 0.318. The second-order valence-corrected chi connectivity index (χ2v) is 7.25. The summed E-state index contributed by atoms with van der Waals surface area (Å²) in [5.74, 6) is 1.29. The van der Waals surface area contributed by atoms with Crippen LogP contribution in [0.3, 0.4) is 0 Å². The van der Waals surface area contributed by atoms with E-state index in [9.17, 15) is 18.0 Å². The number of ketones is 1. The molecule has 2 aliphatic heterocycles. The SMILES string of the molecule is O=C(CCN1CCC(c2ccc(C(F)(F)F)cc2)C1)c1ccc2c(c1)OC=CO2. The van der Waals surface area contributed by atoms with E-state index in [1.165, 1.54) is 12.5 Å². The van der Waals surface area contributed by atoms with E-state index in [1.807, 2.05) is 0 Å². The second kappa shape index (κ2) is 7.91. The van der Waals surface area contributed by atoms with Gasteiger partial charge in [-0.1, -0.05) is 12.1 Å². The van der Waals surface area contributed by atoms with Gasteiger partial charge in [-0.05, 0) is 54.8 Å². The zero-order valence-corrected chi connectivity index (χ0v) is 15.6. The minimum Gasteiger partial charge on any atom is -0.458 e. The molecular formula is C22H20F3NO3. The average Bonchev–Trinajstić information content (AvgIpc) is 3.20. The van der Waals surface area contributed by atoms with Crippen molar-refractivity contribution in [1.82, 2.24) is 4.90 Å². The molecule has 2 aromatic rings. The molecule has 0 spiro atoms. The first-order valence-electron chi connectivity index (χ1n) is 9.45. The monoisotopic (exact) mass is 403 g/mol. The molecule has 2 heterocycles. The van der Waals surface area contributed by atoms with Crippen molar-refractivity contribution in [3.8, 4) is 11.5 Å². The van der Waals surface area contributed by atoms with Crippen LogP contribution in [-0.2, 0) is 6.18 Å². The number of halogens is 3. The predicted molar refractivity (Wildman–Crippen MR) is 101 cm³/mol. The van der Waals surface area contributed by atoms with Gasteiger partial charge in [0.2, 0.25) is 0 Å². The Morgan fingerprint density at radius 2 is 1.76 bits per heavy atom. The summed E-state index contributed by atoms with van der Waals surface area (Å²) in [5, 5.41) is 0. The molecule has 0 bridgehead atoms. The Bertz CT molecular complexity index is 922. The normalized spacial score (nSPS) is 18.8. The third kappa shape index (κ3) is 4.45. The summed E-state index contributed by atoms with van der Waals surface area (Å²) >= 11 is 0. The van der Waals surface area contributed by atoms with Gasteiger partial charge >= 0.3 is 6.18 Å². The lowest BCUT2D eigenvalue weighted by Crippen LogP contribution is -2.23. The van der Waals surface area contributed by atoms with E-state index in [1.54, 1.807) is 30.3 Å². The number of alkyl halides is 3. The van der Waals surface area contributed by atoms with Crippen molar-refractivity contribution in [3.63, 3.8) is 0 Å². The number of benzene rings is 2. The maximum Gasteiger partial charge on any atom is 0.416 e. The summed E-state index contributed by atoms with van der Waals surface area (Å²) in [7, 11) is 0. The maximum atomic E-state index is 12.7.